The lowest BCUT2D eigenvalue weighted by atomic mass is 10.1. The number of aliphatic imine (C=N–C) groups is 1. The maximum Gasteiger partial charge on any atom is 0.245 e. The van der Waals surface area contributed by atoms with Crippen LogP contribution in [0.4, 0.5) is 0 Å². The SMILES string of the molecule is Cn1cncc1CCN=C(NC#N)NC1CCCCN(CC(=O)N2CCCC2)C1=O. The molecule has 0 spiro atoms. The molecule has 1 atom stereocenters. The van der Waals surface area contributed by atoms with Gasteiger partial charge in [0.05, 0.1) is 12.9 Å². The molecule has 162 valence electrons. The Kier molecular flexibility index (Phi) is 7.65. The van der Waals surface area contributed by atoms with Crippen molar-refractivity contribution in [2.45, 2.75) is 44.6 Å². The number of nitrogens with zero attached hydrogens (tertiary/aromatic N) is 6. The fourth-order valence-electron chi connectivity index (χ4n) is 3.87. The van der Waals surface area contributed by atoms with Crippen LogP contribution in [0.2, 0.25) is 0 Å². The lowest BCUT2D eigenvalue weighted by molar-refractivity contribution is -0.140. The van der Waals surface area contributed by atoms with E-state index in [2.05, 4.69) is 20.6 Å². The summed E-state index contributed by atoms with van der Waals surface area (Å²) in [6.45, 7) is 2.71. The molecule has 10 heteroatoms. The minimum absolute atomic E-state index is 0.0155. The number of carbonyl (C=O) groups excluding carboxylic acids is 2. The molecule has 2 fully saturated rings. The number of guanidine groups is 1. The van der Waals surface area contributed by atoms with E-state index in [1.54, 1.807) is 17.4 Å². The van der Waals surface area contributed by atoms with Gasteiger partial charge in [-0.25, -0.2) is 4.98 Å². The summed E-state index contributed by atoms with van der Waals surface area (Å²) in [5.41, 5.74) is 1.03. The Labute approximate surface area is 176 Å². The molecule has 1 aromatic rings. The van der Waals surface area contributed by atoms with Crippen LogP contribution in [0.5, 0.6) is 0 Å². The van der Waals surface area contributed by atoms with Crippen molar-refractivity contribution >= 4 is 17.8 Å². The van der Waals surface area contributed by atoms with Crippen LogP contribution in [0.25, 0.3) is 0 Å². The molecular weight excluding hydrogens is 384 g/mol. The average molecular weight is 415 g/mol. The maximum atomic E-state index is 13.1. The van der Waals surface area contributed by atoms with Gasteiger partial charge in [-0.15, -0.1) is 0 Å². The Morgan fingerprint density at radius 1 is 1.30 bits per heavy atom. The molecule has 0 aromatic carbocycles. The predicted molar refractivity (Wildman–Crippen MR) is 111 cm³/mol. The number of likely N-dealkylation sites (tertiary alicyclic amines) is 2. The maximum absolute atomic E-state index is 13.1. The van der Waals surface area contributed by atoms with E-state index in [4.69, 9.17) is 5.26 Å². The van der Waals surface area contributed by atoms with E-state index in [9.17, 15) is 9.59 Å². The first-order valence-corrected chi connectivity index (χ1v) is 10.6. The van der Waals surface area contributed by atoms with E-state index in [1.165, 1.54) is 0 Å². The first-order valence-electron chi connectivity index (χ1n) is 10.6. The molecule has 2 N–H and O–H groups in total. The Morgan fingerprint density at radius 2 is 2.07 bits per heavy atom. The molecule has 3 heterocycles. The number of hydrogen-bond donors (Lipinski definition) is 2. The molecule has 0 saturated carbocycles. The summed E-state index contributed by atoms with van der Waals surface area (Å²) < 4.78 is 1.92. The molecule has 2 amide bonds. The van der Waals surface area contributed by atoms with Gasteiger partial charge in [-0.3, -0.25) is 19.9 Å². The Morgan fingerprint density at radius 3 is 2.77 bits per heavy atom. The van der Waals surface area contributed by atoms with E-state index in [0.717, 1.165) is 44.5 Å². The van der Waals surface area contributed by atoms with Crippen LogP contribution in [-0.2, 0) is 23.1 Å². The first-order chi connectivity index (χ1) is 14.6. The smallest absolute Gasteiger partial charge is 0.245 e. The van der Waals surface area contributed by atoms with Gasteiger partial charge >= 0.3 is 0 Å². The molecule has 3 rings (SSSR count). The first kappa shape index (κ1) is 21.6. The third kappa shape index (κ3) is 5.72. The number of aromatic nitrogens is 2. The third-order valence-electron chi connectivity index (χ3n) is 5.61. The Balaban J connectivity index is 1.60. The minimum atomic E-state index is -0.504. The van der Waals surface area contributed by atoms with Gasteiger partial charge in [0.1, 0.15) is 6.04 Å². The van der Waals surface area contributed by atoms with Gasteiger partial charge < -0.3 is 19.7 Å². The van der Waals surface area contributed by atoms with E-state index in [-0.39, 0.29) is 24.3 Å². The van der Waals surface area contributed by atoms with Gasteiger partial charge in [-0.1, -0.05) is 0 Å². The lowest BCUT2D eigenvalue weighted by Gasteiger charge is -2.27. The zero-order valence-electron chi connectivity index (χ0n) is 17.5. The molecule has 2 aliphatic rings. The zero-order valence-corrected chi connectivity index (χ0v) is 17.5. The van der Waals surface area contributed by atoms with Gasteiger partial charge in [-0.2, -0.15) is 5.26 Å². The molecule has 1 aromatic heterocycles. The van der Waals surface area contributed by atoms with Crippen molar-refractivity contribution in [1.29, 1.82) is 5.26 Å². The highest BCUT2D eigenvalue weighted by atomic mass is 16.2. The average Bonchev–Trinajstić information content (AvgIpc) is 3.37. The number of imidazole rings is 1. The van der Waals surface area contributed by atoms with Gasteiger partial charge in [0.25, 0.3) is 0 Å². The number of hydrogen-bond acceptors (Lipinski definition) is 5. The normalized spacial score (nSPS) is 20.1. The van der Waals surface area contributed by atoms with Gasteiger partial charge in [0.15, 0.2) is 6.19 Å². The van der Waals surface area contributed by atoms with Crippen molar-refractivity contribution < 1.29 is 9.59 Å². The van der Waals surface area contributed by atoms with E-state index in [1.807, 2.05) is 22.7 Å². The number of carbonyl (C=O) groups is 2. The molecule has 30 heavy (non-hydrogen) atoms. The van der Waals surface area contributed by atoms with Crippen LogP contribution in [0.15, 0.2) is 17.5 Å². The Bertz CT molecular complexity index is 806. The van der Waals surface area contributed by atoms with Crippen molar-refractivity contribution in [1.82, 2.24) is 30.0 Å². The standard InChI is InChI=1S/C20H30N8O2/c1-26-15-22-12-16(26)7-8-23-20(24-14-21)25-17-6-2-3-11-28(19(17)30)13-18(29)27-9-4-5-10-27/h12,15,17H,2-11,13H2,1H3,(H2,23,24,25). The van der Waals surface area contributed by atoms with Crippen LogP contribution in [0, 0.1) is 11.5 Å². The second-order valence-corrected chi connectivity index (χ2v) is 7.75. The second-order valence-electron chi connectivity index (χ2n) is 7.75. The highest BCUT2D eigenvalue weighted by molar-refractivity contribution is 5.92. The van der Waals surface area contributed by atoms with Crippen LogP contribution in [0.1, 0.15) is 37.8 Å². The quantitative estimate of drug-likeness (QED) is 0.292. The summed E-state index contributed by atoms with van der Waals surface area (Å²) in [7, 11) is 1.92. The fraction of sp³-hybridized carbons (Fsp3) is 0.650. The van der Waals surface area contributed by atoms with E-state index >= 15 is 0 Å². The molecule has 0 bridgehead atoms. The highest BCUT2D eigenvalue weighted by Gasteiger charge is 2.30. The van der Waals surface area contributed by atoms with E-state index in [0.29, 0.717) is 25.9 Å². The van der Waals surface area contributed by atoms with Crippen molar-refractivity contribution in [3.05, 3.63) is 18.2 Å². The Hall–Kier alpha value is -3.09. The predicted octanol–water partition coefficient (Wildman–Crippen LogP) is -0.0176. The van der Waals surface area contributed by atoms with Crippen LogP contribution in [-0.4, -0.2) is 75.9 Å². The molecule has 2 saturated heterocycles. The van der Waals surface area contributed by atoms with Gasteiger partial charge in [-0.05, 0) is 32.1 Å². The van der Waals surface area contributed by atoms with Crippen molar-refractivity contribution in [3.63, 3.8) is 0 Å². The summed E-state index contributed by atoms with van der Waals surface area (Å²) in [5, 5.41) is 14.7. The van der Waals surface area contributed by atoms with E-state index < -0.39 is 6.04 Å². The summed E-state index contributed by atoms with van der Waals surface area (Å²) in [6.07, 6.45) is 10.5. The van der Waals surface area contributed by atoms with Crippen LogP contribution in [0.3, 0.4) is 0 Å². The fourth-order valence-corrected chi connectivity index (χ4v) is 3.87. The molecular formula is C20H30N8O2. The van der Waals surface area contributed by atoms with Crippen LogP contribution >= 0.6 is 0 Å². The third-order valence-corrected chi connectivity index (χ3v) is 5.61. The van der Waals surface area contributed by atoms with Crippen molar-refractivity contribution in [3.8, 4) is 6.19 Å². The lowest BCUT2D eigenvalue weighted by Crippen LogP contribution is -2.52. The highest BCUT2D eigenvalue weighted by Crippen LogP contribution is 2.14. The number of nitriles is 1. The molecule has 0 aliphatic carbocycles. The number of rotatable bonds is 6. The summed E-state index contributed by atoms with van der Waals surface area (Å²) >= 11 is 0. The second kappa shape index (κ2) is 10.6. The monoisotopic (exact) mass is 414 g/mol. The summed E-state index contributed by atoms with van der Waals surface area (Å²) in [5.74, 6) is 0.187. The molecule has 10 nitrogen and oxygen atoms in total. The van der Waals surface area contributed by atoms with Gasteiger partial charge in [0.2, 0.25) is 17.8 Å². The molecule has 0 radical (unpaired) electrons. The number of amides is 2. The largest absolute Gasteiger partial charge is 0.344 e. The summed E-state index contributed by atoms with van der Waals surface area (Å²) in [4.78, 5) is 37.5. The van der Waals surface area contributed by atoms with Gasteiger partial charge in [0, 0.05) is 51.5 Å². The van der Waals surface area contributed by atoms with Crippen molar-refractivity contribution in [2.75, 3.05) is 32.7 Å². The molecule has 2 aliphatic heterocycles. The number of aryl methyl sites for hydroxylation is 1. The number of nitrogens with one attached hydrogen (secondary N) is 2. The topological polar surface area (TPSA) is 119 Å². The zero-order chi connectivity index (χ0) is 21.3. The van der Waals surface area contributed by atoms with Crippen molar-refractivity contribution in [2.24, 2.45) is 12.0 Å². The minimum Gasteiger partial charge on any atom is -0.344 e. The van der Waals surface area contributed by atoms with Crippen LogP contribution < -0.4 is 10.6 Å². The summed E-state index contributed by atoms with van der Waals surface area (Å²) in [6, 6.07) is -0.504. The molecule has 1 unspecified atom stereocenters.